The summed E-state index contributed by atoms with van der Waals surface area (Å²) in [5, 5.41) is 11.4. The first-order valence-electron chi connectivity index (χ1n) is 6.25. The lowest BCUT2D eigenvalue weighted by atomic mass is 10.1. The molecule has 5 heteroatoms. The van der Waals surface area contributed by atoms with Crippen molar-refractivity contribution in [3.8, 4) is 0 Å². The van der Waals surface area contributed by atoms with E-state index in [0.717, 1.165) is 13.0 Å². The van der Waals surface area contributed by atoms with E-state index in [1.54, 1.807) is 4.90 Å². The molecule has 0 aromatic carbocycles. The number of amides is 2. The molecule has 0 aliphatic carbocycles. The number of aliphatic carboxylic acids is 1. The summed E-state index contributed by atoms with van der Waals surface area (Å²) in [5.41, 5.74) is 0. The van der Waals surface area contributed by atoms with Crippen LogP contribution in [0.25, 0.3) is 0 Å². The molecule has 17 heavy (non-hydrogen) atoms. The van der Waals surface area contributed by atoms with Gasteiger partial charge in [0.15, 0.2) is 0 Å². The van der Waals surface area contributed by atoms with E-state index in [1.807, 2.05) is 20.8 Å². The van der Waals surface area contributed by atoms with Crippen molar-refractivity contribution in [1.29, 1.82) is 0 Å². The maximum Gasteiger partial charge on any atom is 0.317 e. The Morgan fingerprint density at radius 1 is 1.35 bits per heavy atom. The Morgan fingerprint density at radius 2 is 2.00 bits per heavy atom. The van der Waals surface area contributed by atoms with Gasteiger partial charge in [0, 0.05) is 26.1 Å². The molecule has 1 unspecified atom stereocenters. The fourth-order valence-electron chi connectivity index (χ4n) is 1.52. The molecule has 0 saturated heterocycles. The number of rotatable bonds is 8. The van der Waals surface area contributed by atoms with Gasteiger partial charge < -0.3 is 15.3 Å². The third kappa shape index (κ3) is 7.60. The molecule has 0 aliphatic heterocycles. The largest absolute Gasteiger partial charge is 0.481 e. The fourth-order valence-corrected chi connectivity index (χ4v) is 1.52. The van der Waals surface area contributed by atoms with Gasteiger partial charge in [0.05, 0.1) is 0 Å². The van der Waals surface area contributed by atoms with Crippen LogP contribution >= 0.6 is 0 Å². The van der Waals surface area contributed by atoms with E-state index >= 15 is 0 Å². The van der Waals surface area contributed by atoms with E-state index in [9.17, 15) is 9.59 Å². The minimum Gasteiger partial charge on any atom is -0.481 e. The maximum atomic E-state index is 11.7. The van der Waals surface area contributed by atoms with Crippen molar-refractivity contribution in [2.75, 3.05) is 19.6 Å². The van der Waals surface area contributed by atoms with Gasteiger partial charge >= 0.3 is 12.0 Å². The Labute approximate surface area is 103 Å². The Hall–Kier alpha value is -1.26. The number of carbonyl (C=O) groups excluding carboxylic acids is 1. The van der Waals surface area contributed by atoms with Gasteiger partial charge in [-0.1, -0.05) is 13.8 Å². The zero-order valence-electron chi connectivity index (χ0n) is 11.0. The lowest BCUT2D eigenvalue weighted by molar-refractivity contribution is -0.137. The molecule has 0 heterocycles. The van der Waals surface area contributed by atoms with Crippen molar-refractivity contribution < 1.29 is 14.7 Å². The summed E-state index contributed by atoms with van der Waals surface area (Å²) in [5.74, 6) is -0.597. The molecule has 5 nitrogen and oxygen atoms in total. The third-order valence-electron chi connectivity index (χ3n) is 2.62. The molecule has 0 fully saturated rings. The van der Waals surface area contributed by atoms with Gasteiger partial charge in [0.25, 0.3) is 0 Å². The number of hydrogen-bond acceptors (Lipinski definition) is 2. The van der Waals surface area contributed by atoms with Crippen LogP contribution < -0.4 is 5.32 Å². The topological polar surface area (TPSA) is 69.6 Å². The number of nitrogens with zero attached hydrogens (tertiary/aromatic N) is 1. The van der Waals surface area contributed by atoms with E-state index in [2.05, 4.69) is 5.32 Å². The van der Waals surface area contributed by atoms with Crippen LogP contribution in [0.2, 0.25) is 0 Å². The van der Waals surface area contributed by atoms with Gasteiger partial charge in [-0.05, 0) is 25.7 Å². The predicted octanol–water partition coefficient (Wildman–Crippen LogP) is 1.93. The fraction of sp³-hybridized carbons (Fsp3) is 0.833. The summed E-state index contributed by atoms with van der Waals surface area (Å²) in [4.78, 5) is 23.8. The Morgan fingerprint density at radius 3 is 2.47 bits per heavy atom. The van der Waals surface area contributed by atoms with Crippen LogP contribution in [0.1, 0.15) is 40.0 Å². The lowest BCUT2D eigenvalue weighted by Gasteiger charge is -2.21. The summed E-state index contributed by atoms with van der Waals surface area (Å²) >= 11 is 0. The minimum atomic E-state index is -0.788. The Kier molecular flexibility index (Phi) is 8.19. The average molecular weight is 244 g/mol. The summed E-state index contributed by atoms with van der Waals surface area (Å²) in [6, 6.07) is -0.0588. The second-order valence-electron chi connectivity index (χ2n) is 4.30. The molecular formula is C12H24N2O3. The Bertz CT molecular complexity index is 244. The molecule has 0 aliphatic rings. The van der Waals surface area contributed by atoms with Crippen molar-refractivity contribution >= 4 is 12.0 Å². The monoisotopic (exact) mass is 244 g/mol. The highest BCUT2D eigenvalue weighted by molar-refractivity contribution is 5.74. The van der Waals surface area contributed by atoms with Gasteiger partial charge in [-0.2, -0.15) is 0 Å². The molecule has 0 rings (SSSR count). The predicted molar refractivity (Wildman–Crippen MR) is 67.0 cm³/mol. The van der Waals surface area contributed by atoms with Crippen molar-refractivity contribution in [1.82, 2.24) is 10.2 Å². The molecule has 0 bridgehead atoms. The quantitative estimate of drug-likeness (QED) is 0.685. The highest BCUT2D eigenvalue weighted by Crippen LogP contribution is 2.04. The SMILES string of the molecule is CCCN(CC)C(=O)NCC(C)CCC(=O)O. The van der Waals surface area contributed by atoms with Crippen molar-refractivity contribution in [3.05, 3.63) is 0 Å². The lowest BCUT2D eigenvalue weighted by Crippen LogP contribution is -2.41. The number of carboxylic acid groups (broad SMARTS) is 1. The standard InChI is InChI=1S/C12H24N2O3/c1-4-8-14(5-2)12(17)13-9-10(3)6-7-11(15)16/h10H,4-9H2,1-3H3,(H,13,17)(H,15,16). The zero-order valence-corrected chi connectivity index (χ0v) is 11.0. The molecule has 0 saturated carbocycles. The molecule has 100 valence electrons. The molecule has 0 aromatic rings. The molecule has 2 N–H and O–H groups in total. The van der Waals surface area contributed by atoms with Crippen LogP contribution in [-0.2, 0) is 4.79 Å². The van der Waals surface area contributed by atoms with Gasteiger partial charge in [-0.25, -0.2) is 4.79 Å². The molecule has 0 radical (unpaired) electrons. The number of hydrogen-bond donors (Lipinski definition) is 2. The third-order valence-corrected chi connectivity index (χ3v) is 2.62. The number of carboxylic acids is 1. The van der Waals surface area contributed by atoms with Gasteiger partial charge in [0.2, 0.25) is 0 Å². The number of urea groups is 1. The number of nitrogens with one attached hydrogen (secondary N) is 1. The van der Waals surface area contributed by atoms with Gasteiger partial charge in [0.1, 0.15) is 0 Å². The van der Waals surface area contributed by atoms with Crippen LogP contribution in [0, 0.1) is 5.92 Å². The van der Waals surface area contributed by atoms with Crippen LogP contribution in [0.5, 0.6) is 0 Å². The average Bonchev–Trinajstić information content (AvgIpc) is 2.30. The summed E-state index contributed by atoms with van der Waals surface area (Å²) < 4.78 is 0. The first kappa shape index (κ1) is 15.7. The molecule has 2 amide bonds. The van der Waals surface area contributed by atoms with Crippen molar-refractivity contribution in [3.63, 3.8) is 0 Å². The van der Waals surface area contributed by atoms with E-state index in [-0.39, 0.29) is 18.4 Å². The van der Waals surface area contributed by atoms with E-state index in [4.69, 9.17) is 5.11 Å². The molecule has 1 atom stereocenters. The van der Waals surface area contributed by atoms with Crippen molar-refractivity contribution in [2.24, 2.45) is 5.92 Å². The van der Waals surface area contributed by atoms with Crippen molar-refractivity contribution in [2.45, 2.75) is 40.0 Å². The van der Waals surface area contributed by atoms with E-state index in [0.29, 0.717) is 19.5 Å². The second kappa shape index (κ2) is 8.84. The minimum absolute atomic E-state index is 0.0588. The molecular weight excluding hydrogens is 220 g/mol. The van der Waals surface area contributed by atoms with E-state index < -0.39 is 5.97 Å². The second-order valence-corrected chi connectivity index (χ2v) is 4.30. The molecule has 0 spiro atoms. The summed E-state index contributed by atoms with van der Waals surface area (Å²) in [7, 11) is 0. The highest BCUT2D eigenvalue weighted by Gasteiger charge is 2.11. The normalized spacial score (nSPS) is 11.9. The highest BCUT2D eigenvalue weighted by atomic mass is 16.4. The maximum absolute atomic E-state index is 11.7. The summed E-state index contributed by atoms with van der Waals surface area (Å²) in [6.45, 7) is 7.91. The van der Waals surface area contributed by atoms with Crippen LogP contribution in [0.4, 0.5) is 4.79 Å². The van der Waals surface area contributed by atoms with E-state index in [1.165, 1.54) is 0 Å². The van der Waals surface area contributed by atoms with Gasteiger partial charge in [-0.15, -0.1) is 0 Å². The first-order valence-corrected chi connectivity index (χ1v) is 6.25. The zero-order chi connectivity index (χ0) is 13.3. The molecule has 0 aromatic heterocycles. The van der Waals surface area contributed by atoms with Crippen LogP contribution in [0.3, 0.4) is 0 Å². The van der Waals surface area contributed by atoms with Crippen LogP contribution in [0.15, 0.2) is 0 Å². The Balaban J connectivity index is 3.84. The smallest absolute Gasteiger partial charge is 0.317 e. The first-order chi connectivity index (χ1) is 8.01. The summed E-state index contributed by atoms with van der Waals surface area (Å²) in [6.07, 6.45) is 1.69. The number of carbonyl (C=O) groups is 2. The van der Waals surface area contributed by atoms with Gasteiger partial charge in [-0.3, -0.25) is 4.79 Å². The van der Waals surface area contributed by atoms with Crippen LogP contribution in [-0.4, -0.2) is 41.6 Å².